The van der Waals surface area contributed by atoms with E-state index in [9.17, 15) is 0 Å². The molecule has 0 fully saturated rings. The monoisotopic (exact) mass is 376 g/mol. The van der Waals surface area contributed by atoms with Crippen molar-refractivity contribution in [3.8, 4) is 17.2 Å². The summed E-state index contributed by atoms with van der Waals surface area (Å²) in [5, 5.41) is 6.43. The molecule has 1 aromatic heterocycles. The van der Waals surface area contributed by atoms with E-state index in [4.69, 9.17) is 18.6 Å². The highest BCUT2D eigenvalue weighted by Gasteiger charge is 2.15. The normalized spacial score (nSPS) is 11.3. The zero-order chi connectivity index (χ0) is 19.8. The Morgan fingerprint density at radius 3 is 2.37 bits per heavy atom. The van der Waals surface area contributed by atoms with Gasteiger partial charge in [-0.05, 0) is 32.9 Å². The number of aryl methyl sites for hydroxylation is 2. The van der Waals surface area contributed by atoms with Gasteiger partial charge in [-0.15, -0.1) is 0 Å². The van der Waals surface area contributed by atoms with Crippen LogP contribution in [0.1, 0.15) is 29.8 Å². The van der Waals surface area contributed by atoms with E-state index in [0.29, 0.717) is 42.2 Å². The molecule has 2 N–H and O–H groups in total. The highest BCUT2D eigenvalue weighted by atomic mass is 16.5. The van der Waals surface area contributed by atoms with Gasteiger partial charge >= 0.3 is 0 Å². The predicted molar refractivity (Wildman–Crippen MR) is 104 cm³/mol. The fraction of sp³-hybridized carbons (Fsp3) is 0.474. The first-order valence-electron chi connectivity index (χ1n) is 8.76. The highest BCUT2D eigenvalue weighted by molar-refractivity contribution is 5.79. The molecule has 0 unspecified atom stereocenters. The summed E-state index contributed by atoms with van der Waals surface area (Å²) in [6.07, 6.45) is 0. The number of hydrogen-bond donors (Lipinski definition) is 2. The number of nitrogens with one attached hydrogen (secondary N) is 2. The van der Waals surface area contributed by atoms with Gasteiger partial charge < -0.3 is 29.3 Å². The largest absolute Gasteiger partial charge is 0.493 e. The number of guanidine groups is 1. The first-order valence-corrected chi connectivity index (χ1v) is 8.76. The van der Waals surface area contributed by atoms with Crippen molar-refractivity contribution >= 4 is 5.96 Å². The lowest BCUT2D eigenvalue weighted by Gasteiger charge is -2.15. The van der Waals surface area contributed by atoms with Crippen LogP contribution < -0.4 is 24.8 Å². The van der Waals surface area contributed by atoms with Gasteiger partial charge in [0.1, 0.15) is 5.76 Å². The topological polar surface area (TPSA) is 90.1 Å². The van der Waals surface area contributed by atoms with E-state index in [1.807, 2.05) is 32.9 Å². The maximum atomic E-state index is 5.59. The van der Waals surface area contributed by atoms with Crippen LogP contribution in [0.2, 0.25) is 0 Å². The van der Waals surface area contributed by atoms with Crippen molar-refractivity contribution in [3.05, 3.63) is 35.0 Å². The molecule has 0 radical (unpaired) electrons. The molecule has 0 aliphatic rings. The fourth-order valence-corrected chi connectivity index (χ4v) is 2.57. The summed E-state index contributed by atoms with van der Waals surface area (Å²) in [4.78, 5) is 8.98. The number of ether oxygens (including phenoxy) is 3. The maximum Gasteiger partial charge on any atom is 0.214 e. The molecule has 0 amide bonds. The van der Waals surface area contributed by atoms with Gasteiger partial charge in [-0.25, -0.2) is 9.98 Å². The Bertz CT molecular complexity index is 767. The Labute approximate surface area is 159 Å². The van der Waals surface area contributed by atoms with Gasteiger partial charge in [0.2, 0.25) is 11.6 Å². The van der Waals surface area contributed by atoms with Crippen molar-refractivity contribution in [3.63, 3.8) is 0 Å². The van der Waals surface area contributed by atoms with Gasteiger partial charge in [0.25, 0.3) is 0 Å². The molecular weight excluding hydrogens is 348 g/mol. The predicted octanol–water partition coefficient (Wildman–Crippen LogP) is 2.57. The van der Waals surface area contributed by atoms with Gasteiger partial charge in [-0.1, -0.05) is 0 Å². The van der Waals surface area contributed by atoms with Crippen molar-refractivity contribution in [2.45, 2.75) is 33.9 Å². The number of benzene rings is 1. The van der Waals surface area contributed by atoms with Crippen LogP contribution in [0.3, 0.4) is 0 Å². The molecule has 0 atom stereocenters. The number of aromatic nitrogens is 1. The van der Waals surface area contributed by atoms with Crippen LogP contribution >= 0.6 is 0 Å². The van der Waals surface area contributed by atoms with Crippen LogP contribution in [0.25, 0.3) is 0 Å². The second kappa shape index (κ2) is 9.70. The van der Waals surface area contributed by atoms with E-state index >= 15 is 0 Å². The Hall–Kier alpha value is -2.90. The molecule has 0 saturated heterocycles. The van der Waals surface area contributed by atoms with E-state index < -0.39 is 0 Å². The smallest absolute Gasteiger partial charge is 0.214 e. The summed E-state index contributed by atoms with van der Waals surface area (Å²) in [5.74, 6) is 3.87. The minimum absolute atomic E-state index is 0.405. The standard InChI is InChI=1S/C19H28N4O4/c1-7-20-19(22-11-16-23-12(2)13(3)27-16)21-10-14-8-9-15(24-4)18(26-6)17(14)25-5/h8-9H,7,10-11H2,1-6H3,(H2,20,21,22). The Morgan fingerprint density at radius 2 is 1.81 bits per heavy atom. The molecule has 2 rings (SSSR count). The maximum absolute atomic E-state index is 5.59. The summed E-state index contributed by atoms with van der Waals surface area (Å²) in [7, 11) is 4.77. The molecule has 0 spiro atoms. The molecule has 0 saturated carbocycles. The first-order chi connectivity index (χ1) is 13.0. The zero-order valence-corrected chi connectivity index (χ0v) is 16.8. The van der Waals surface area contributed by atoms with E-state index in [1.165, 1.54) is 0 Å². The van der Waals surface area contributed by atoms with E-state index in [0.717, 1.165) is 23.6 Å². The molecule has 1 aromatic carbocycles. The third-order valence-corrected chi connectivity index (χ3v) is 4.02. The molecule has 148 valence electrons. The average molecular weight is 376 g/mol. The van der Waals surface area contributed by atoms with Crippen molar-refractivity contribution < 1.29 is 18.6 Å². The SMILES string of the molecule is CCNC(=NCc1ccc(OC)c(OC)c1OC)NCc1nc(C)c(C)o1. The van der Waals surface area contributed by atoms with Crippen LogP contribution in [0.4, 0.5) is 0 Å². The number of aliphatic imine (C=N–C) groups is 1. The molecule has 2 aromatic rings. The number of hydrogen-bond acceptors (Lipinski definition) is 6. The van der Waals surface area contributed by atoms with Crippen molar-refractivity contribution in [1.82, 2.24) is 15.6 Å². The minimum Gasteiger partial charge on any atom is -0.493 e. The molecule has 1 heterocycles. The number of nitrogens with zero attached hydrogens (tertiary/aromatic N) is 2. The molecule has 8 heteroatoms. The Morgan fingerprint density at radius 1 is 1.07 bits per heavy atom. The lowest BCUT2D eigenvalue weighted by atomic mass is 10.1. The Kier molecular flexibility index (Phi) is 7.34. The quantitative estimate of drug-likeness (QED) is 0.540. The summed E-state index contributed by atoms with van der Waals surface area (Å²) >= 11 is 0. The van der Waals surface area contributed by atoms with E-state index in [2.05, 4.69) is 20.6 Å². The van der Waals surface area contributed by atoms with Gasteiger partial charge in [-0.3, -0.25) is 0 Å². The van der Waals surface area contributed by atoms with Crippen LogP contribution in [-0.2, 0) is 13.1 Å². The summed E-state index contributed by atoms with van der Waals surface area (Å²) in [6.45, 7) is 7.41. The Balaban J connectivity index is 2.16. The lowest BCUT2D eigenvalue weighted by Crippen LogP contribution is -2.36. The second-order valence-electron chi connectivity index (χ2n) is 5.79. The third kappa shape index (κ3) is 5.06. The average Bonchev–Trinajstić information content (AvgIpc) is 3.00. The van der Waals surface area contributed by atoms with Crippen LogP contribution in [-0.4, -0.2) is 38.8 Å². The number of oxazole rings is 1. The van der Waals surface area contributed by atoms with E-state index in [1.54, 1.807) is 21.3 Å². The van der Waals surface area contributed by atoms with Gasteiger partial charge in [0.05, 0.1) is 40.1 Å². The first kappa shape index (κ1) is 20.4. The number of rotatable bonds is 8. The van der Waals surface area contributed by atoms with Crippen molar-refractivity contribution in [2.24, 2.45) is 4.99 Å². The van der Waals surface area contributed by atoms with Crippen LogP contribution in [0.15, 0.2) is 21.5 Å². The van der Waals surface area contributed by atoms with Crippen LogP contribution in [0.5, 0.6) is 17.2 Å². The summed E-state index contributed by atoms with van der Waals surface area (Å²) in [6, 6.07) is 3.75. The fourth-order valence-electron chi connectivity index (χ4n) is 2.57. The second-order valence-corrected chi connectivity index (χ2v) is 5.79. The van der Waals surface area contributed by atoms with E-state index in [-0.39, 0.29) is 0 Å². The molecule has 0 aliphatic heterocycles. The van der Waals surface area contributed by atoms with Gasteiger partial charge in [0, 0.05) is 12.1 Å². The lowest BCUT2D eigenvalue weighted by molar-refractivity contribution is 0.322. The highest BCUT2D eigenvalue weighted by Crippen LogP contribution is 2.39. The molecule has 8 nitrogen and oxygen atoms in total. The summed E-state index contributed by atoms with van der Waals surface area (Å²) in [5.41, 5.74) is 1.78. The van der Waals surface area contributed by atoms with Crippen molar-refractivity contribution in [1.29, 1.82) is 0 Å². The molecular formula is C19H28N4O4. The molecule has 0 bridgehead atoms. The minimum atomic E-state index is 0.405. The summed E-state index contributed by atoms with van der Waals surface area (Å²) < 4.78 is 21.8. The van der Waals surface area contributed by atoms with Crippen LogP contribution in [0, 0.1) is 13.8 Å². The molecule has 27 heavy (non-hydrogen) atoms. The van der Waals surface area contributed by atoms with Gasteiger partial charge in [-0.2, -0.15) is 0 Å². The third-order valence-electron chi connectivity index (χ3n) is 4.02. The molecule has 0 aliphatic carbocycles. The number of methoxy groups -OCH3 is 3. The zero-order valence-electron chi connectivity index (χ0n) is 16.8. The van der Waals surface area contributed by atoms with Gasteiger partial charge in [0.15, 0.2) is 17.5 Å². The van der Waals surface area contributed by atoms with Crippen molar-refractivity contribution in [2.75, 3.05) is 27.9 Å².